The van der Waals surface area contributed by atoms with Gasteiger partial charge in [-0.15, -0.1) is 0 Å². The van der Waals surface area contributed by atoms with Crippen LogP contribution in [0.3, 0.4) is 0 Å². The van der Waals surface area contributed by atoms with Gasteiger partial charge in [-0.25, -0.2) is 9.67 Å². The highest BCUT2D eigenvalue weighted by atomic mass is 15.3. The minimum absolute atomic E-state index is 0.766. The van der Waals surface area contributed by atoms with Gasteiger partial charge in [-0.1, -0.05) is 6.58 Å². The molecular formula is C8H11N3. The Bertz CT molecular complexity index is 251. The lowest BCUT2D eigenvalue weighted by Gasteiger charge is -2.09. The van der Waals surface area contributed by atoms with E-state index in [2.05, 4.69) is 16.7 Å². The van der Waals surface area contributed by atoms with Gasteiger partial charge in [-0.05, 0) is 18.9 Å². The molecule has 3 heteroatoms. The molecule has 0 unspecified atom stereocenters. The van der Waals surface area contributed by atoms with Crippen LogP contribution >= 0.6 is 0 Å². The van der Waals surface area contributed by atoms with Crippen molar-refractivity contribution in [3.05, 3.63) is 18.2 Å². The molecule has 0 N–H and O–H groups in total. The third-order valence-electron chi connectivity index (χ3n) is 1.97. The molecular weight excluding hydrogens is 138 g/mol. The number of aryl methyl sites for hydroxylation is 2. The van der Waals surface area contributed by atoms with Crippen LogP contribution in [0.5, 0.6) is 0 Å². The van der Waals surface area contributed by atoms with Crippen LogP contribution in [0.1, 0.15) is 24.5 Å². The molecule has 1 aliphatic rings. The smallest absolute Gasteiger partial charge is 0.173 e. The lowest BCUT2D eigenvalue weighted by atomic mass is 10.2. The molecule has 0 aliphatic carbocycles. The van der Waals surface area contributed by atoms with Crippen LogP contribution in [0.2, 0.25) is 0 Å². The lowest BCUT2D eigenvalue weighted by Crippen LogP contribution is -2.11. The fraction of sp³-hybridized carbons (Fsp3) is 0.500. The van der Waals surface area contributed by atoms with Gasteiger partial charge in [-0.3, -0.25) is 0 Å². The molecule has 0 radical (unpaired) electrons. The van der Waals surface area contributed by atoms with Crippen molar-refractivity contribution < 1.29 is 0 Å². The first kappa shape index (κ1) is 6.58. The average Bonchev–Trinajstić information content (AvgIpc) is 2.46. The summed E-state index contributed by atoms with van der Waals surface area (Å²) >= 11 is 0. The molecule has 1 aromatic rings. The molecule has 3 nitrogen and oxygen atoms in total. The fourth-order valence-corrected chi connectivity index (χ4v) is 1.39. The van der Waals surface area contributed by atoms with Crippen molar-refractivity contribution in [1.82, 2.24) is 14.8 Å². The van der Waals surface area contributed by atoms with Gasteiger partial charge in [0.1, 0.15) is 5.82 Å². The third kappa shape index (κ3) is 1.06. The summed E-state index contributed by atoms with van der Waals surface area (Å²) < 4.78 is 1.99. The Morgan fingerprint density at radius 3 is 3.09 bits per heavy atom. The minimum Gasteiger partial charge on any atom is -0.249 e. The highest BCUT2D eigenvalue weighted by molar-refractivity contribution is 5.35. The van der Waals surface area contributed by atoms with Gasteiger partial charge in [0, 0.05) is 13.0 Å². The molecule has 0 atom stereocenters. The largest absolute Gasteiger partial charge is 0.249 e. The molecule has 2 heterocycles. The zero-order valence-corrected chi connectivity index (χ0v) is 6.45. The molecule has 0 bridgehead atoms. The summed E-state index contributed by atoms with van der Waals surface area (Å²) in [6.45, 7) is 4.66. The Labute approximate surface area is 65.8 Å². The standard InChI is InChI=1S/C8H11N3/c1-2-7-9-8-5-3-4-6-11(8)10-7/h2H,1,3-6H2. The summed E-state index contributed by atoms with van der Waals surface area (Å²) in [5.74, 6) is 1.88. The van der Waals surface area contributed by atoms with Crippen molar-refractivity contribution in [2.75, 3.05) is 0 Å². The number of hydrogen-bond acceptors (Lipinski definition) is 2. The van der Waals surface area contributed by atoms with Crippen LogP contribution in [-0.4, -0.2) is 14.8 Å². The Kier molecular flexibility index (Phi) is 1.49. The van der Waals surface area contributed by atoms with E-state index in [0.29, 0.717) is 0 Å². The number of fused-ring (bicyclic) bond motifs is 1. The predicted molar refractivity (Wildman–Crippen MR) is 43.1 cm³/mol. The van der Waals surface area contributed by atoms with Crippen LogP contribution in [0.25, 0.3) is 6.08 Å². The summed E-state index contributed by atoms with van der Waals surface area (Å²) in [6.07, 6.45) is 5.24. The van der Waals surface area contributed by atoms with Crippen molar-refractivity contribution in [2.24, 2.45) is 0 Å². The van der Waals surface area contributed by atoms with Crippen molar-refractivity contribution in [3.63, 3.8) is 0 Å². The number of rotatable bonds is 1. The average molecular weight is 149 g/mol. The predicted octanol–water partition coefficient (Wildman–Crippen LogP) is 1.26. The molecule has 0 fully saturated rings. The van der Waals surface area contributed by atoms with Crippen molar-refractivity contribution in [2.45, 2.75) is 25.8 Å². The molecule has 0 saturated carbocycles. The van der Waals surface area contributed by atoms with E-state index >= 15 is 0 Å². The Morgan fingerprint density at radius 2 is 2.36 bits per heavy atom. The Morgan fingerprint density at radius 1 is 1.45 bits per heavy atom. The highest BCUT2D eigenvalue weighted by Crippen LogP contribution is 2.11. The molecule has 0 amide bonds. The van der Waals surface area contributed by atoms with Crippen molar-refractivity contribution in [3.8, 4) is 0 Å². The normalized spacial score (nSPS) is 16.0. The monoisotopic (exact) mass is 149 g/mol. The van der Waals surface area contributed by atoms with Crippen LogP contribution in [0, 0.1) is 0 Å². The summed E-state index contributed by atoms with van der Waals surface area (Å²) in [5, 5.41) is 4.26. The van der Waals surface area contributed by atoms with E-state index in [0.717, 1.165) is 24.6 Å². The SMILES string of the molecule is C=Cc1nc2n(n1)CCCC2. The topological polar surface area (TPSA) is 30.7 Å². The molecule has 0 spiro atoms. The number of nitrogens with zero attached hydrogens (tertiary/aromatic N) is 3. The van der Waals surface area contributed by atoms with Gasteiger partial charge < -0.3 is 0 Å². The van der Waals surface area contributed by atoms with Crippen LogP contribution in [0.15, 0.2) is 6.58 Å². The molecule has 0 saturated heterocycles. The summed E-state index contributed by atoms with van der Waals surface area (Å²) in [6, 6.07) is 0. The van der Waals surface area contributed by atoms with Gasteiger partial charge in [0.25, 0.3) is 0 Å². The maximum absolute atomic E-state index is 4.30. The first-order valence-corrected chi connectivity index (χ1v) is 3.96. The molecule has 58 valence electrons. The molecule has 0 aromatic carbocycles. The van der Waals surface area contributed by atoms with Crippen LogP contribution in [0.4, 0.5) is 0 Å². The van der Waals surface area contributed by atoms with E-state index in [1.165, 1.54) is 12.8 Å². The summed E-state index contributed by atoms with van der Waals surface area (Å²) in [4.78, 5) is 4.30. The summed E-state index contributed by atoms with van der Waals surface area (Å²) in [7, 11) is 0. The second-order valence-electron chi connectivity index (χ2n) is 2.77. The Balaban J connectivity index is 2.39. The number of aromatic nitrogens is 3. The molecule has 1 aliphatic heterocycles. The highest BCUT2D eigenvalue weighted by Gasteiger charge is 2.11. The van der Waals surface area contributed by atoms with E-state index in [9.17, 15) is 0 Å². The van der Waals surface area contributed by atoms with Gasteiger partial charge in [0.05, 0.1) is 0 Å². The first-order valence-electron chi connectivity index (χ1n) is 3.96. The lowest BCUT2D eigenvalue weighted by molar-refractivity contribution is 0.479. The second-order valence-corrected chi connectivity index (χ2v) is 2.77. The van der Waals surface area contributed by atoms with Crippen molar-refractivity contribution in [1.29, 1.82) is 0 Å². The zero-order chi connectivity index (χ0) is 7.68. The van der Waals surface area contributed by atoms with E-state index < -0.39 is 0 Å². The van der Waals surface area contributed by atoms with Gasteiger partial charge >= 0.3 is 0 Å². The first-order chi connectivity index (χ1) is 5.40. The van der Waals surface area contributed by atoms with E-state index in [1.807, 2.05) is 4.68 Å². The molecule has 11 heavy (non-hydrogen) atoms. The van der Waals surface area contributed by atoms with Crippen LogP contribution in [-0.2, 0) is 13.0 Å². The Hall–Kier alpha value is -1.12. The second kappa shape index (κ2) is 2.49. The molecule has 2 rings (SSSR count). The zero-order valence-electron chi connectivity index (χ0n) is 6.45. The maximum Gasteiger partial charge on any atom is 0.173 e. The van der Waals surface area contributed by atoms with Crippen LogP contribution < -0.4 is 0 Å². The number of hydrogen-bond donors (Lipinski definition) is 0. The minimum atomic E-state index is 0.766. The van der Waals surface area contributed by atoms with Gasteiger partial charge in [0.15, 0.2) is 5.82 Å². The third-order valence-corrected chi connectivity index (χ3v) is 1.97. The van der Waals surface area contributed by atoms with E-state index in [4.69, 9.17) is 0 Å². The molecule has 1 aromatic heterocycles. The fourth-order valence-electron chi connectivity index (χ4n) is 1.39. The van der Waals surface area contributed by atoms with Gasteiger partial charge in [0.2, 0.25) is 0 Å². The van der Waals surface area contributed by atoms with E-state index in [1.54, 1.807) is 6.08 Å². The maximum atomic E-state index is 4.30. The quantitative estimate of drug-likeness (QED) is 0.601. The van der Waals surface area contributed by atoms with E-state index in [-0.39, 0.29) is 0 Å². The van der Waals surface area contributed by atoms with Crippen molar-refractivity contribution >= 4 is 6.08 Å². The van der Waals surface area contributed by atoms with Gasteiger partial charge in [-0.2, -0.15) is 5.10 Å². The summed E-state index contributed by atoms with van der Waals surface area (Å²) in [5.41, 5.74) is 0.